The normalized spacial score (nSPS) is 27.6. The van der Waals surface area contributed by atoms with Crippen molar-refractivity contribution in [1.82, 2.24) is 10.2 Å². The summed E-state index contributed by atoms with van der Waals surface area (Å²) >= 11 is 0. The summed E-state index contributed by atoms with van der Waals surface area (Å²) in [5.74, 6) is 0.0325. The van der Waals surface area contributed by atoms with E-state index in [9.17, 15) is 9.18 Å². The second kappa shape index (κ2) is 4.56. The fourth-order valence-corrected chi connectivity index (χ4v) is 1.64. The summed E-state index contributed by atoms with van der Waals surface area (Å²) in [6.07, 6.45) is -0.528. The zero-order chi connectivity index (χ0) is 9.84. The first kappa shape index (κ1) is 10.4. The molecule has 1 aliphatic heterocycles. The van der Waals surface area contributed by atoms with Gasteiger partial charge in [-0.2, -0.15) is 0 Å². The van der Waals surface area contributed by atoms with Crippen LogP contribution in [0.3, 0.4) is 0 Å². The summed E-state index contributed by atoms with van der Waals surface area (Å²) < 4.78 is 12.8. The van der Waals surface area contributed by atoms with E-state index in [4.69, 9.17) is 0 Å². The van der Waals surface area contributed by atoms with Gasteiger partial charge in [-0.25, -0.2) is 4.39 Å². The van der Waals surface area contributed by atoms with E-state index in [-0.39, 0.29) is 11.9 Å². The largest absolute Gasteiger partial charge is 0.342 e. The quantitative estimate of drug-likeness (QED) is 0.701. The Morgan fingerprint density at radius 1 is 1.54 bits per heavy atom. The van der Waals surface area contributed by atoms with Crippen LogP contribution in [0.15, 0.2) is 0 Å². The van der Waals surface area contributed by atoms with E-state index in [0.29, 0.717) is 26.1 Å². The van der Waals surface area contributed by atoms with Gasteiger partial charge in [0.15, 0.2) is 0 Å². The smallest absolute Gasteiger partial charge is 0.239 e. The second-order valence-corrected chi connectivity index (χ2v) is 3.30. The van der Waals surface area contributed by atoms with Gasteiger partial charge in [0.25, 0.3) is 0 Å². The Balaban J connectivity index is 2.47. The van der Waals surface area contributed by atoms with Gasteiger partial charge < -0.3 is 10.2 Å². The molecule has 1 aliphatic rings. The van der Waals surface area contributed by atoms with Gasteiger partial charge in [0.2, 0.25) is 5.91 Å². The topological polar surface area (TPSA) is 32.3 Å². The average molecular weight is 188 g/mol. The molecular formula is C9H17FN2O. The van der Waals surface area contributed by atoms with Crippen molar-refractivity contribution in [2.75, 3.05) is 19.6 Å². The fourth-order valence-electron chi connectivity index (χ4n) is 1.64. The third-order valence-corrected chi connectivity index (χ3v) is 2.45. The minimum Gasteiger partial charge on any atom is -0.342 e. The molecule has 0 radical (unpaired) electrons. The lowest BCUT2D eigenvalue weighted by Crippen LogP contribution is -2.43. The van der Waals surface area contributed by atoms with Crippen molar-refractivity contribution in [2.45, 2.75) is 32.5 Å². The fraction of sp³-hybridized carbons (Fsp3) is 0.889. The molecule has 2 atom stereocenters. The highest BCUT2D eigenvalue weighted by molar-refractivity contribution is 5.82. The maximum atomic E-state index is 12.8. The molecule has 0 aromatic rings. The van der Waals surface area contributed by atoms with Crippen LogP contribution in [0.5, 0.6) is 0 Å². The molecule has 0 aromatic heterocycles. The number of carbonyl (C=O) groups is 1. The van der Waals surface area contributed by atoms with E-state index >= 15 is 0 Å². The predicted octanol–water partition coefficient (Wildman–Crippen LogP) is 0.555. The first-order valence-corrected chi connectivity index (χ1v) is 4.85. The van der Waals surface area contributed by atoms with Gasteiger partial charge in [-0.1, -0.05) is 0 Å². The van der Waals surface area contributed by atoms with Gasteiger partial charge in [-0.3, -0.25) is 4.79 Å². The molecule has 76 valence electrons. The van der Waals surface area contributed by atoms with E-state index in [0.717, 1.165) is 0 Å². The van der Waals surface area contributed by atoms with Crippen LogP contribution in [0.25, 0.3) is 0 Å². The van der Waals surface area contributed by atoms with Crippen molar-refractivity contribution in [3.8, 4) is 0 Å². The summed E-state index contributed by atoms with van der Waals surface area (Å²) in [4.78, 5) is 13.4. The van der Waals surface area contributed by atoms with Gasteiger partial charge in [-0.15, -0.1) is 0 Å². The molecule has 3 nitrogen and oxygen atoms in total. The minimum atomic E-state index is -0.857. The van der Waals surface area contributed by atoms with Crippen LogP contribution in [-0.4, -0.2) is 42.7 Å². The minimum absolute atomic E-state index is 0.0325. The van der Waals surface area contributed by atoms with E-state index in [1.807, 2.05) is 13.8 Å². The lowest BCUT2D eigenvalue weighted by atomic mass is 10.2. The highest BCUT2D eigenvalue weighted by Crippen LogP contribution is 2.12. The summed E-state index contributed by atoms with van der Waals surface area (Å²) in [5, 5.41) is 2.89. The van der Waals surface area contributed by atoms with E-state index in [1.54, 1.807) is 4.90 Å². The Hall–Kier alpha value is -0.640. The molecule has 1 amide bonds. The molecule has 0 bridgehead atoms. The SMILES string of the molecule is CCN(CC)C(=O)[C@@H]1C[C@H](F)CN1. The third-order valence-electron chi connectivity index (χ3n) is 2.45. The number of hydrogen-bond donors (Lipinski definition) is 1. The van der Waals surface area contributed by atoms with Crippen molar-refractivity contribution < 1.29 is 9.18 Å². The number of rotatable bonds is 3. The molecule has 1 saturated heterocycles. The zero-order valence-electron chi connectivity index (χ0n) is 8.22. The van der Waals surface area contributed by atoms with E-state index < -0.39 is 6.17 Å². The molecular weight excluding hydrogens is 171 g/mol. The van der Waals surface area contributed by atoms with Gasteiger partial charge in [0.05, 0.1) is 6.04 Å². The van der Waals surface area contributed by atoms with Gasteiger partial charge in [-0.05, 0) is 13.8 Å². The first-order valence-electron chi connectivity index (χ1n) is 4.85. The monoisotopic (exact) mass is 188 g/mol. The molecule has 1 rings (SSSR count). The number of halogens is 1. The maximum Gasteiger partial charge on any atom is 0.239 e. The van der Waals surface area contributed by atoms with Crippen LogP contribution in [0.2, 0.25) is 0 Å². The highest BCUT2D eigenvalue weighted by atomic mass is 19.1. The molecule has 13 heavy (non-hydrogen) atoms. The summed E-state index contributed by atoms with van der Waals surface area (Å²) in [6.45, 7) is 5.58. The van der Waals surface area contributed by atoms with Crippen LogP contribution in [0, 0.1) is 0 Å². The summed E-state index contributed by atoms with van der Waals surface area (Å²) in [7, 11) is 0. The van der Waals surface area contributed by atoms with Crippen LogP contribution in [-0.2, 0) is 4.79 Å². The van der Waals surface area contributed by atoms with Gasteiger partial charge in [0, 0.05) is 26.1 Å². The second-order valence-electron chi connectivity index (χ2n) is 3.30. The first-order chi connectivity index (χ1) is 6.19. The van der Waals surface area contributed by atoms with E-state index in [1.165, 1.54) is 0 Å². The average Bonchev–Trinajstić information content (AvgIpc) is 2.54. The molecule has 4 heteroatoms. The van der Waals surface area contributed by atoms with Crippen LogP contribution in [0.1, 0.15) is 20.3 Å². The standard InChI is InChI=1S/C9H17FN2O/c1-3-12(4-2)9(13)8-5-7(10)6-11-8/h7-8,11H,3-6H2,1-2H3/t7-,8-/m0/s1. The van der Waals surface area contributed by atoms with Crippen LogP contribution >= 0.6 is 0 Å². The van der Waals surface area contributed by atoms with Crippen LogP contribution < -0.4 is 5.32 Å². The van der Waals surface area contributed by atoms with Crippen molar-refractivity contribution >= 4 is 5.91 Å². The van der Waals surface area contributed by atoms with Crippen molar-refractivity contribution in [3.63, 3.8) is 0 Å². The Bertz CT molecular complexity index is 182. The Kier molecular flexibility index (Phi) is 3.66. The zero-order valence-corrected chi connectivity index (χ0v) is 8.22. The third kappa shape index (κ3) is 2.40. The number of nitrogens with zero attached hydrogens (tertiary/aromatic N) is 1. The molecule has 1 fully saturated rings. The van der Waals surface area contributed by atoms with E-state index in [2.05, 4.69) is 5.32 Å². The lowest BCUT2D eigenvalue weighted by Gasteiger charge is -2.22. The Morgan fingerprint density at radius 2 is 2.15 bits per heavy atom. The van der Waals surface area contributed by atoms with Crippen molar-refractivity contribution in [3.05, 3.63) is 0 Å². The van der Waals surface area contributed by atoms with Gasteiger partial charge >= 0.3 is 0 Å². The molecule has 0 spiro atoms. The molecule has 0 unspecified atom stereocenters. The Morgan fingerprint density at radius 3 is 2.54 bits per heavy atom. The number of nitrogens with one attached hydrogen (secondary N) is 1. The number of alkyl halides is 1. The van der Waals surface area contributed by atoms with Crippen molar-refractivity contribution in [2.24, 2.45) is 0 Å². The molecule has 0 aliphatic carbocycles. The summed E-state index contributed by atoms with van der Waals surface area (Å²) in [5.41, 5.74) is 0. The number of hydrogen-bond acceptors (Lipinski definition) is 2. The highest BCUT2D eigenvalue weighted by Gasteiger charge is 2.31. The lowest BCUT2D eigenvalue weighted by molar-refractivity contribution is -0.132. The number of likely N-dealkylation sites (N-methyl/N-ethyl adjacent to an activating group) is 1. The molecule has 1 N–H and O–H groups in total. The molecule has 0 aromatic carbocycles. The van der Waals surface area contributed by atoms with Crippen molar-refractivity contribution in [1.29, 1.82) is 0 Å². The number of amides is 1. The predicted molar refractivity (Wildman–Crippen MR) is 49.2 cm³/mol. The molecule has 1 heterocycles. The Labute approximate surface area is 78.3 Å². The van der Waals surface area contributed by atoms with Gasteiger partial charge in [0.1, 0.15) is 6.17 Å². The number of carbonyl (C=O) groups excluding carboxylic acids is 1. The summed E-state index contributed by atoms with van der Waals surface area (Å²) in [6, 6.07) is -0.296. The maximum absolute atomic E-state index is 12.8. The van der Waals surface area contributed by atoms with Crippen LogP contribution in [0.4, 0.5) is 4.39 Å². The molecule has 0 saturated carbocycles.